The van der Waals surface area contributed by atoms with Crippen LogP contribution < -0.4 is 5.32 Å². The fraction of sp³-hybridized carbons (Fsp3) is 0.444. The van der Waals surface area contributed by atoms with Crippen molar-refractivity contribution in [2.24, 2.45) is 0 Å². The van der Waals surface area contributed by atoms with Gasteiger partial charge in [-0.1, -0.05) is 62.2 Å². The summed E-state index contributed by atoms with van der Waals surface area (Å²) >= 11 is 0. The zero-order valence-electron chi connectivity index (χ0n) is 21.4. The lowest BCUT2D eigenvalue weighted by molar-refractivity contribution is -0.188. The van der Waals surface area contributed by atoms with Crippen LogP contribution >= 0.6 is 0 Å². The van der Waals surface area contributed by atoms with Crippen LogP contribution in [-0.2, 0) is 28.9 Å². The summed E-state index contributed by atoms with van der Waals surface area (Å²) in [5.74, 6) is -0.590. The van der Waals surface area contributed by atoms with Gasteiger partial charge >= 0.3 is 12.2 Å². The van der Waals surface area contributed by atoms with E-state index in [1.165, 1.54) is 25.9 Å². The summed E-state index contributed by atoms with van der Waals surface area (Å²) in [6, 6.07) is 13.0. The number of hydrogen-bond acceptors (Lipinski definition) is 4. The number of benzene rings is 2. The molecule has 2 fully saturated rings. The van der Waals surface area contributed by atoms with Gasteiger partial charge in [0.2, 0.25) is 11.8 Å². The summed E-state index contributed by atoms with van der Waals surface area (Å²) in [6.45, 7) is 2.09. The molecule has 0 unspecified atom stereocenters. The van der Waals surface area contributed by atoms with E-state index in [-0.39, 0.29) is 38.0 Å². The third-order valence-electron chi connectivity index (χ3n) is 6.89. The van der Waals surface area contributed by atoms with E-state index in [2.05, 4.69) is 5.32 Å². The third-order valence-corrected chi connectivity index (χ3v) is 6.89. The number of carbonyl (C=O) groups is 3. The number of carbonyl (C=O) groups excluding carboxylic acids is 3. The van der Waals surface area contributed by atoms with Crippen LogP contribution in [0.25, 0.3) is 0 Å². The predicted molar refractivity (Wildman–Crippen MR) is 134 cm³/mol. The van der Waals surface area contributed by atoms with Gasteiger partial charge in [-0.05, 0) is 29.7 Å². The zero-order chi connectivity index (χ0) is 27.4. The van der Waals surface area contributed by atoms with Gasteiger partial charge in [-0.2, -0.15) is 13.2 Å². The minimum absolute atomic E-state index is 0.0213. The molecule has 4 rings (SSSR count). The van der Waals surface area contributed by atoms with Crippen LogP contribution in [-0.4, -0.2) is 70.0 Å². The van der Waals surface area contributed by atoms with Crippen LogP contribution in [0.2, 0.25) is 0 Å². The van der Waals surface area contributed by atoms with Crippen molar-refractivity contribution in [3.63, 3.8) is 0 Å². The lowest BCUT2D eigenvalue weighted by Crippen LogP contribution is -2.75. The molecule has 2 saturated heterocycles. The normalized spacial score (nSPS) is 20.5. The molecule has 0 bridgehead atoms. The maximum atomic E-state index is 13.6. The highest BCUT2D eigenvalue weighted by Gasteiger charge is 2.50. The summed E-state index contributed by atoms with van der Waals surface area (Å²) in [6.07, 6.45) is -3.41. The largest absolute Gasteiger partial charge is 0.416 e. The first-order valence-electron chi connectivity index (χ1n) is 12.7. The number of amides is 4. The maximum absolute atomic E-state index is 13.6. The van der Waals surface area contributed by atoms with Crippen molar-refractivity contribution in [2.75, 3.05) is 20.1 Å². The van der Waals surface area contributed by atoms with Gasteiger partial charge in [-0.25, -0.2) is 14.8 Å². The average molecular weight is 532 g/mol. The number of hydrazine groups is 1. The molecule has 11 heteroatoms. The van der Waals surface area contributed by atoms with Gasteiger partial charge in [-0.3, -0.25) is 9.59 Å². The standard InChI is InChI=1S/C27H32F3N5O3/c1-3-4-13-22-25(37)33(16-20-11-8-12-21(14-20)27(28,29)30)17-23-34(22)24(36)18-32(2)35(23)26(38)31-15-19-9-6-5-7-10-19/h5-12,14,22-23H,3-4,13,15-18H2,1-2H3,(H,31,38)/t22-,23-/m0/s1. The van der Waals surface area contributed by atoms with Crippen molar-refractivity contribution in [3.8, 4) is 0 Å². The molecule has 204 valence electrons. The number of piperazine rings is 1. The first kappa shape index (κ1) is 27.4. The molecule has 0 aliphatic carbocycles. The van der Waals surface area contributed by atoms with Crippen molar-refractivity contribution >= 4 is 17.8 Å². The molecule has 2 atom stereocenters. The summed E-state index contributed by atoms with van der Waals surface area (Å²) in [4.78, 5) is 43.0. The quantitative estimate of drug-likeness (QED) is 0.589. The molecular weight excluding hydrogens is 499 g/mol. The number of urea groups is 1. The fourth-order valence-corrected chi connectivity index (χ4v) is 5.04. The van der Waals surface area contributed by atoms with Gasteiger partial charge in [0.1, 0.15) is 12.2 Å². The third kappa shape index (κ3) is 5.93. The lowest BCUT2D eigenvalue weighted by atomic mass is 10.00. The summed E-state index contributed by atoms with van der Waals surface area (Å²) in [5.41, 5.74) is 0.434. The first-order chi connectivity index (χ1) is 18.1. The van der Waals surface area contributed by atoms with E-state index in [9.17, 15) is 27.6 Å². The maximum Gasteiger partial charge on any atom is 0.416 e. The molecule has 2 aliphatic rings. The Balaban J connectivity index is 1.61. The summed E-state index contributed by atoms with van der Waals surface area (Å²) in [5, 5.41) is 5.85. The van der Waals surface area contributed by atoms with Crippen molar-refractivity contribution in [1.82, 2.24) is 25.1 Å². The number of likely N-dealkylation sites (N-methyl/N-ethyl adjacent to an activating group) is 1. The predicted octanol–water partition coefficient (Wildman–Crippen LogP) is 3.83. The van der Waals surface area contributed by atoms with E-state index in [0.29, 0.717) is 18.4 Å². The monoisotopic (exact) mass is 531 g/mol. The second-order valence-electron chi connectivity index (χ2n) is 9.66. The zero-order valence-corrected chi connectivity index (χ0v) is 21.4. The van der Waals surface area contributed by atoms with Crippen LogP contribution in [0.4, 0.5) is 18.0 Å². The molecule has 8 nitrogen and oxygen atoms in total. The number of alkyl halides is 3. The van der Waals surface area contributed by atoms with Crippen LogP contribution in [0, 0.1) is 0 Å². The number of rotatable bonds is 7. The average Bonchev–Trinajstić information content (AvgIpc) is 2.88. The van der Waals surface area contributed by atoms with E-state index in [1.54, 1.807) is 13.1 Å². The minimum Gasteiger partial charge on any atom is -0.333 e. The highest BCUT2D eigenvalue weighted by Crippen LogP contribution is 2.32. The Morgan fingerprint density at radius 1 is 1.05 bits per heavy atom. The van der Waals surface area contributed by atoms with E-state index < -0.39 is 30.0 Å². The number of unbranched alkanes of at least 4 members (excludes halogenated alkanes) is 1. The second-order valence-corrected chi connectivity index (χ2v) is 9.66. The Bertz CT molecular complexity index is 1160. The Labute approximate surface area is 219 Å². The molecule has 4 amide bonds. The molecule has 38 heavy (non-hydrogen) atoms. The van der Waals surface area contributed by atoms with Crippen LogP contribution in [0.1, 0.15) is 42.9 Å². The van der Waals surface area contributed by atoms with Crippen molar-refractivity contribution in [3.05, 3.63) is 71.3 Å². The molecule has 2 aromatic rings. The van der Waals surface area contributed by atoms with Gasteiger partial charge in [-0.15, -0.1) is 0 Å². The molecule has 2 aromatic carbocycles. The SMILES string of the molecule is CCCC[C@H]1C(=O)N(Cc2cccc(C(F)(F)F)c2)C[C@H]2N1C(=O)CN(C)N2C(=O)NCc1ccccc1. The van der Waals surface area contributed by atoms with Gasteiger partial charge < -0.3 is 15.1 Å². The molecule has 0 radical (unpaired) electrons. The topological polar surface area (TPSA) is 76.2 Å². The van der Waals surface area contributed by atoms with Crippen molar-refractivity contribution < 1.29 is 27.6 Å². The van der Waals surface area contributed by atoms with Gasteiger partial charge in [0.05, 0.1) is 18.7 Å². The molecular formula is C27H32F3N5O3. The van der Waals surface area contributed by atoms with Crippen molar-refractivity contribution in [2.45, 2.75) is 57.7 Å². The second kappa shape index (κ2) is 11.4. The smallest absolute Gasteiger partial charge is 0.333 e. The van der Waals surface area contributed by atoms with E-state index in [1.807, 2.05) is 37.3 Å². The van der Waals surface area contributed by atoms with Crippen molar-refractivity contribution in [1.29, 1.82) is 0 Å². The van der Waals surface area contributed by atoms with Crippen LogP contribution in [0.3, 0.4) is 0 Å². The Kier molecular flexibility index (Phi) is 8.25. The van der Waals surface area contributed by atoms with Gasteiger partial charge in [0, 0.05) is 20.1 Å². The Morgan fingerprint density at radius 2 is 1.76 bits per heavy atom. The molecule has 0 saturated carbocycles. The number of nitrogens with zero attached hydrogens (tertiary/aromatic N) is 4. The van der Waals surface area contributed by atoms with E-state index in [0.717, 1.165) is 24.1 Å². The van der Waals surface area contributed by atoms with Gasteiger partial charge in [0.25, 0.3) is 0 Å². The summed E-state index contributed by atoms with van der Waals surface area (Å²) in [7, 11) is 1.63. The minimum atomic E-state index is -4.51. The Morgan fingerprint density at radius 3 is 2.45 bits per heavy atom. The molecule has 2 heterocycles. The molecule has 2 aliphatic heterocycles. The van der Waals surface area contributed by atoms with E-state index in [4.69, 9.17) is 0 Å². The number of hydrogen-bond donors (Lipinski definition) is 1. The lowest BCUT2D eigenvalue weighted by Gasteiger charge is -2.54. The number of fused-ring (bicyclic) bond motifs is 1. The highest BCUT2D eigenvalue weighted by atomic mass is 19.4. The molecule has 1 N–H and O–H groups in total. The number of halogens is 3. The highest BCUT2D eigenvalue weighted by molar-refractivity contribution is 5.91. The first-order valence-corrected chi connectivity index (χ1v) is 12.7. The Hall–Kier alpha value is -3.60. The fourth-order valence-electron chi connectivity index (χ4n) is 5.04. The van der Waals surface area contributed by atoms with Crippen LogP contribution in [0.5, 0.6) is 0 Å². The molecule has 0 spiro atoms. The summed E-state index contributed by atoms with van der Waals surface area (Å²) < 4.78 is 39.9. The van der Waals surface area contributed by atoms with Crippen LogP contribution in [0.15, 0.2) is 54.6 Å². The molecule has 0 aromatic heterocycles. The van der Waals surface area contributed by atoms with Gasteiger partial charge in [0.15, 0.2) is 0 Å². The van der Waals surface area contributed by atoms with E-state index >= 15 is 0 Å². The number of nitrogens with one attached hydrogen (secondary N) is 1.